The molecule has 12 rings (SSSR count). The molecule has 280 valence electrons. The SMILES string of the molecule is c1ccc(C2(c3ccccc3)c3ccccc3-c3c(-c4cc(-c5cccc(-c6ccc7oc8ccccc8c7c6)c5)nc(-c5cccc6ccccc56)n4)cccc32)cc1. The molecule has 1 aliphatic rings. The lowest BCUT2D eigenvalue weighted by molar-refractivity contribution is 0.669. The summed E-state index contributed by atoms with van der Waals surface area (Å²) < 4.78 is 6.18. The highest BCUT2D eigenvalue weighted by Gasteiger charge is 2.46. The zero-order chi connectivity index (χ0) is 39.6. The Balaban J connectivity index is 1.10. The summed E-state index contributed by atoms with van der Waals surface area (Å²) in [6.07, 6.45) is 0. The Labute approximate surface area is 347 Å². The fourth-order valence-electron chi connectivity index (χ4n) is 9.74. The molecule has 0 N–H and O–H groups in total. The van der Waals surface area contributed by atoms with E-state index in [-0.39, 0.29) is 0 Å². The predicted octanol–water partition coefficient (Wildman–Crippen LogP) is 14.6. The maximum absolute atomic E-state index is 6.18. The molecule has 11 aromatic rings. The van der Waals surface area contributed by atoms with Gasteiger partial charge in [-0.2, -0.15) is 0 Å². The zero-order valence-electron chi connectivity index (χ0n) is 32.6. The van der Waals surface area contributed by atoms with Crippen LogP contribution in [0.1, 0.15) is 22.3 Å². The Morgan fingerprint density at radius 3 is 1.78 bits per heavy atom. The summed E-state index contributed by atoms with van der Waals surface area (Å²) in [5, 5.41) is 4.50. The van der Waals surface area contributed by atoms with Crippen LogP contribution in [0, 0.1) is 0 Å². The molecule has 0 amide bonds. The van der Waals surface area contributed by atoms with Gasteiger partial charge < -0.3 is 4.42 Å². The van der Waals surface area contributed by atoms with Crippen LogP contribution in [0.25, 0.3) is 88.9 Å². The first-order valence-corrected chi connectivity index (χ1v) is 20.5. The first-order chi connectivity index (χ1) is 29.7. The number of benzene rings is 9. The van der Waals surface area contributed by atoms with E-state index in [4.69, 9.17) is 14.4 Å². The van der Waals surface area contributed by atoms with Gasteiger partial charge in [-0.05, 0) is 85.6 Å². The number of hydrogen-bond donors (Lipinski definition) is 0. The molecule has 9 aromatic carbocycles. The van der Waals surface area contributed by atoms with Gasteiger partial charge in [-0.3, -0.25) is 0 Å². The van der Waals surface area contributed by atoms with Crippen LogP contribution in [0.5, 0.6) is 0 Å². The average molecular weight is 765 g/mol. The largest absolute Gasteiger partial charge is 0.456 e. The van der Waals surface area contributed by atoms with Crippen LogP contribution in [0.4, 0.5) is 0 Å². The summed E-state index contributed by atoms with van der Waals surface area (Å²) in [6, 6.07) is 78.1. The van der Waals surface area contributed by atoms with Crippen molar-refractivity contribution < 1.29 is 4.42 Å². The lowest BCUT2D eigenvalue weighted by Gasteiger charge is -2.33. The van der Waals surface area contributed by atoms with E-state index in [1.807, 2.05) is 12.1 Å². The van der Waals surface area contributed by atoms with Gasteiger partial charge in [0.2, 0.25) is 0 Å². The van der Waals surface area contributed by atoms with Gasteiger partial charge in [-0.1, -0.05) is 188 Å². The molecule has 0 aliphatic heterocycles. The summed E-state index contributed by atoms with van der Waals surface area (Å²) >= 11 is 0. The van der Waals surface area contributed by atoms with Crippen molar-refractivity contribution in [1.82, 2.24) is 9.97 Å². The van der Waals surface area contributed by atoms with Gasteiger partial charge in [0.1, 0.15) is 11.2 Å². The van der Waals surface area contributed by atoms with Crippen LogP contribution in [-0.2, 0) is 5.41 Å². The topological polar surface area (TPSA) is 38.9 Å². The molecule has 0 saturated carbocycles. The zero-order valence-corrected chi connectivity index (χ0v) is 32.6. The van der Waals surface area contributed by atoms with Gasteiger partial charge >= 0.3 is 0 Å². The molecule has 2 aromatic heterocycles. The van der Waals surface area contributed by atoms with Gasteiger partial charge in [0.15, 0.2) is 5.82 Å². The van der Waals surface area contributed by atoms with E-state index < -0.39 is 5.41 Å². The first kappa shape index (κ1) is 34.2. The fourth-order valence-corrected chi connectivity index (χ4v) is 9.74. The Hall–Kier alpha value is -7.88. The number of furan rings is 1. The van der Waals surface area contributed by atoms with Crippen molar-refractivity contribution in [1.29, 1.82) is 0 Å². The van der Waals surface area contributed by atoms with Crippen molar-refractivity contribution in [3.05, 3.63) is 241 Å². The second-order valence-electron chi connectivity index (χ2n) is 15.6. The van der Waals surface area contributed by atoms with E-state index in [2.05, 4.69) is 206 Å². The van der Waals surface area contributed by atoms with Crippen molar-refractivity contribution in [3.63, 3.8) is 0 Å². The van der Waals surface area contributed by atoms with Crippen molar-refractivity contribution in [2.24, 2.45) is 0 Å². The lowest BCUT2D eigenvalue weighted by atomic mass is 9.67. The first-order valence-electron chi connectivity index (χ1n) is 20.5. The Morgan fingerprint density at radius 1 is 0.350 bits per heavy atom. The number of rotatable bonds is 6. The smallest absolute Gasteiger partial charge is 0.161 e. The summed E-state index contributed by atoms with van der Waals surface area (Å²) in [7, 11) is 0. The highest BCUT2D eigenvalue weighted by molar-refractivity contribution is 6.06. The molecule has 60 heavy (non-hydrogen) atoms. The molecule has 0 spiro atoms. The van der Waals surface area contributed by atoms with E-state index in [1.165, 1.54) is 33.4 Å². The summed E-state index contributed by atoms with van der Waals surface area (Å²) in [5.74, 6) is 0.692. The van der Waals surface area contributed by atoms with Crippen LogP contribution < -0.4 is 0 Å². The van der Waals surface area contributed by atoms with E-state index in [9.17, 15) is 0 Å². The Kier molecular flexibility index (Phi) is 7.76. The highest BCUT2D eigenvalue weighted by Crippen LogP contribution is 2.58. The van der Waals surface area contributed by atoms with E-state index in [0.29, 0.717) is 5.82 Å². The van der Waals surface area contributed by atoms with Crippen LogP contribution >= 0.6 is 0 Å². The molecule has 2 heterocycles. The molecule has 0 unspecified atom stereocenters. The molecule has 0 fully saturated rings. The van der Waals surface area contributed by atoms with Crippen molar-refractivity contribution >= 4 is 32.7 Å². The van der Waals surface area contributed by atoms with Crippen LogP contribution in [0.15, 0.2) is 223 Å². The molecular formula is C57H36N2O. The van der Waals surface area contributed by atoms with E-state index in [1.54, 1.807) is 0 Å². The second kappa shape index (κ2) is 13.6. The molecule has 0 saturated heterocycles. The highest BCUT2D eigenvalue weighted by atomic mass is 16.3. The molecule has 0 radical (unpaired) electrons. The third-order valence-corrected chi connectivity index (χ3v) is 12.4. The lowest BCUT2D eigenvalue weighted by Crippen LogP contribution is -2.28. The Morgan fingerprint density at radius 2 is 0.933 bits per heavy atom. The third-order valence-electron chi connectivity index (χ3n) is 12.4. The van der Waals surface area contributed by atoms with Crippen molar-refractivity contribution in [2.75, 3.05) is 0 Å². The minimum absolute atomic E-state index is 0.519. The van der Waals surface area contributed by atoms with Crippen LogP contribution in [0.2, 0.25) is 0 Å². The predicted molar refractivity (Wildman–Crippen MR) is 246 cm³/mol. The third kappa shape index (κ3) is 5.23. The standard InChI is InChI=1S/C57H36N2O/c1-3-20-41(21-4-1)57(42-22-5-2-6-23-42)49-29-11-9-26-46(49)55-47(28-15-30-50(55)57)52-36-51(58-56(59-52)45-27-14-17-37-16-7-8-24-43(37)45)40-19-13-18-38(34-40)39-32-33-54-48(35-39)44-25-10-12-31-53(44)60-54/h1-36H. The maximum atomic E-state index is 6.18. The number of hydrogen-bond acceptors (Lipinski definition) is 3. The maximum Gasteiger partial charge on any atom is 0.161 e. The number of fused-ring (bicyclic) bond motifs is 7. The van der Waals surface area contributed by atoms with E-state index >= 15 is 0 Å². The van der Waals surface area contributed by atoms with Gasteiger partial charge in [0, 0.05) is 27.5 Å². The second-order valence-corrected chi connectivity index (χ2v) is 15.6. The summed E-state index contributed by atoms with van der Waals surface area (Å²) in [5.41, 5.74) is 15.7. The molecule has 0 bridgehead atoms. The van der Waals surface area contributed by atoms with Crippen LogP contribution in [-0.4, -0.2) is 9.97 Å². The molecular weight excluding hydrogens is 729 g/mol. The van der Waals surface area contributed by atoms with Gasteiger partial charge in [0.25, 0.3) is 0 Å². The molecule has 1 aliphatic carbocycles. The molecule has 3 heteroatoms. The monoisotopic (exact) mass is 764 g/mol. The number of aromatic nitrogens is 2. The summed E-state index contributed by atoms with van der Waals surface area (Å²) in [4.78, 5) is 10.9. The van der Waals surface area contributed by atoms with Gasteiger partial charge in [0.05, 0.1) is 16.8 Å². The number of para-hydroxylation sites is 1. The number of nitrogens with zero attached hydrogens (tertiary/aromatic N) is 2. The Bertz CT molecular complexity index is 3390. The minimum Gasteiger partial charge on any atom is -0.456 e. The molecule has 3 nitrogen and oxygen atoms in total. The van der Waals surface area contributed by atoms with Crippen LogP contribution in [0.3, 0.4) is 0 Å². The summed E-state index contributed by atoms with van der Waals surface area (Å²) in [6.45, 7) is 0. The van der Waals surface area contributed by atoms with E-state index in [0.717, 1.165) is 71.9 Å². The normalized spacial score (nSPS) is 12.8. The van der Waals surface area contributed by atoms with Gasteiger partial charge in [-0.25, -0.2) is 9.97 Å². The van der Waals surface area contributed by atoms with Crippen molar-refractivity contribution in [3.8, 4) is 56.2 Å². The average Bonchev–Trinajstić information content (AvgIpc) is 3.85. The molecule has 0 atom stereocenters. The van der Waals surface area contributed by atoms with Gasteiger partial charge in [-0.15, -0.1) is 0 Å². The van der Waals surface area contributed by atoms with Crippen molar-refractivity contribution in [2.45, 2.75) is 5.41 Å². The fraction of sp³-hybridized carbons (Fsp3) is 0.0175. The minimum atomic E-state index is -0.519. The quantitative estimate of drug-likeness (QED) is 0.169.